The molecule has 8 heteroatoms. The Morgan fingerprint density at radius 1 is 1.56 bits per heavy atom. The number of ether oxygens (including phenoxy) is 1. The molecule has 0 aliphatic carbocycles. The number of nitrogens with zero attached hydrogens (tertiary/aromatic N) is 2. The van der Waals surface area contributed by atoms with Crippen LogP contribution in [0.1, 0.15) is 6.92 Å². The van der Waals surface area contributed by atoms with E-state index in [0.717, 1.165) is 19.2 Å². The maximum atomic E-state index is 12.2. The highest BCUT2D eigenvalue weighted by molar-refractivity contribution is 5.52. The van der Waals surface area contributed by atoms with Crippen molar-refractivity contribution in [2.45, 2.75) is 19.2 Å². The lowest BCUT2D eigenvalue weighted by molar-refractivity contribution is -0.189. The Bertz CT molecular complexity index is 357. The van der Waals surface area contributed by atoms with Gasteiger partial charge < -0.3 is 15.2 Å². The molecule has 0 bridgehead atoms. The molecule has 0 aromatic carbocycles. The molecule has 1 N–H and O–H groups in total. The molecule has 16 heavy (non-hydrogen) atoms. The monoisotopic (exact) mass is 237 g/mol. The number of rotatable bonds is 3. The average Bonchev–Trinajstić information content (AvgIpc) is 2.16. The Balaban J connectivity index is 2.89. The number of alkyl halides is 3. The first-order chi connectivity index (χ1) is 7.32. The molecule has 1 aromatic rings. The van der Waals surface area contributed by atoms with Crippen LogP contribution in [0.15, 0.2) is 18.3 Å². The summed E-state index contributed by atoms with van der Waals surface area (Å²) < 4.78 is 40.9. The van der Waals surface area contributed by atoms with Crippen LogP contribution in [-0.4, -0.2) is 22.5 Å². The summed E-state index contributed by atoms with van der Waals surface area (Å²) in [7, 11) is 0. The Morgan fingerprint density at radius 3 is 2.69 bits per heavy atom. The topological polar surface area (TPSA) is 68.7 Å². The van der Waals surface area contributed by atoms with E-state index in [4.69, 9.17) is 5.21 Å². The third-order valence-electron chi connectivity index (χ3n) is 1.71. The van der Waals surface area contributed by atoms with Crippen molar-refractivity contribution in [1.82, 2.24) is 4.98 Å². The lowest BCUT2D eigenvalue weighted by Gasteiger charge is -2.25. The summed E-state index contributed by atoms with van der Waals surface area (Å²) in [6.45, 7) is 0.769. The van der Waals surface area contributed by atoms with Gasteiger partial charge in [0.1, 0.15) is 5.69 Å². The largest absolute Gasteiger partial charge is 0.733 e. The lowest BCUT2D eigenvalue weighted by atomic mass is 10.4. The normalized spacial score (nSPS) is 13.4. The van der Waals surface area contributed by atoms with Gasteiger partial charge in [-0.2, -0.15) is 13.2 Å². The summed E-state index contributed by atoms with van der Waals surface area (Å²) in [5.74, 6) is -0.579. The molecule has 5 nitrogen and oxygen atoms in total. The summed E-state index contributed by atoms with van der Waals surface area (Å²) in [4.78, 5) is 3.43. The Kier molecular flexibility index (Phi) is 3.55. The highest BCUT2D eigenvalue weighted by Gasteiger charge is 2.38. The van der Waals surface area contributed by atoms with Gasteiger partial charge in [0, 0.05) is 6.20 Å². The van der Waals surface area contributed by atoms with Crippen LogP contribution in [0, 0.1) is 5.21 Å². The maximum absolute atomic E-state index is 12.2. The van der Waals surface area contributed by atoms with Crippen molar-refractivity contribution in [1.29, 1.82) is 0 Å². The SMILES string of the molecule is CC(Oc1ncccc1N([O-])O)C(F)(F)F. The molecule has 0 amide bonds. The minimum Gasteiger partial charge on any atom is -0.733 e. The van der Waals surface area contributed by atoms with Gasteiger partial charge >= 0.3 is 6.18 Å². The quantitative estimate of drug-likeness (QED) is 0.815. The van der Waals surface area contributed by atoms with Crippen LogP contribution in [0.3, 0.4) is 0 Å². The van der Waals surface area contributed by atoms with E-state index in [1.165, 1.54) is 6.07 Å². The van der Waals surface area contributed by atoms with E-state index >= 15 is 0 Å². The van der Waals surface area contributed by atoms with Crippen molar-refractivity contribution in [3.63, 3.8) is 0 Å². The predicted molar refractivity (Wildman–Crippen MR) is 48.0 cm³/mol. The van der Waals surface area contributed by atoms with E-state index in [-0.39, 0.29) is 0 Å². The average molecular weight is 237 g/mol. The third kappa shape index (κ3) is 2.97. The zero-order chi connectivity index (χ0) is 12.3. The van der Waals surface area contributed by atoms with Crippen molar-refractivity contribution in [2.75, 3.05) is 5.23 Å². The van der Waals surface area contributed by atoms with E-state index < -0.39 is 29.1 Å². The number of hydrogen-bond donors (Lipinski definition) is 1. The van der Waals surface area contributed by atoms with Crippen LogP contribution in [0.4, 0.5) is 18.9 Å². The van der Waals surface area contributed by atoms with Crippen molar-refractivity contribution < 1.29 is 23.1 Å². The first-order valence-electron chi connectivity index (χ1n) is 4.17. The number of anilines is 1. The van der Waals surface area contributed by atoms with Crippen LogP contribution in [0.25, 0.3) is 0 Å². The molecule has 0 saturated carbocycles. The van der Waals surface area contributed by atoms with E-state index in [1.54, 1.807) is 0 Å². The van der Waals surface area contributed by atoms with Gasteiger partial charge in [-0.3, -0.25) is 5.21 Å². The summed E-state index contributed by atoms with van der Waals surface area (Å²) in [5.41, 5.74) is -0.487. The molecule has 0 radical (unpaired) electrons. The minimum absolute atomic E-state index is 0.487. The van der Waals surface area contributed by atoms with Gasteiger partial charge in [-0.25, -0.2) is 4.98 Å². The maximum Gasteiger partial charge on any atom is 0.425 e. The number of hydrogen-bond acceptors (Lipinski definition) is 5. The first kappa shape index (κ1) is 12.5. The zero-order valence-electron chi connectivity index (χ0n) is 8.10. The molecular formula is C8H8F3N2O3-. The van der Waals surface area contributed by atoms with Crippen molar-refractivity contribution >= 4 is 5.69 Å². The van der Waals surface area contributed by atoms with Gasteiger partial charge in [0.15, 0.2) is 6.10 Å². The number of halogens is 3. The molecule has 0 aliphatic heterocycles. The first-order valence-corrected chi connectivity index (χ1v) is 4.17. The van der Waals surface area contributed by atoms with Crippen molar-refractivity contribution in [3.05, 3.63) is 23.5 Å². The molecule has 1 rings (SSSR count). The molecule has 0 saturated heterocycles. The van der Waals surface area contributed by atoms with Gasteiger partial charge in [-0.15, -0.1) is 0 Å². The predicted octanol–water partition coefficient (Wildman–Crippen LogP) is 2.10. The molecule has 1 aromatic heterocycles. The Morgan fingerprint density at radius 2 is 2.19 bits per heavy atom. The highest BCUT2D eigenvalue weighted by Crippen LogP contribution is 2.29. The van der Waals surface area contributed by atoms with Gasteiger partial charge in [0.05, 0.1) is 0 Å². The Labute approximate surface area is 88.6 Å². The second kappa shape index (κ2) is 4.54. The molecule has 1 heterocycles. The molecule has 90 valence electrons. The van der Waals surface area contributed by atoms with Crippen molar-refractivity contribution in [2.24, 2.45) is 0 Å². The van der Waals surface area contributed by atoms with Crippen LogP contribution in [0.5, 0.6) is 5.88 Å². The fourth-order valence-corrected chi connectivity index (χ4v) is 0.853. The minimum atomic E-state index is -4.57. The van der Waals surface area contributed by atoms with E-state index in [1.807, 2.05) is 0 Å². The molecular weight excluding hydrogens is 229 g/mol. The smallest absolute Gasteiger partial charge is 0.425 e. The van der Waals surface area contributed by atoms with E-state index in [2.05, 4.69) is 9.72 Å². The molecule has 1 atom stereocenters. The molecule has 1 unspecified atom stereocenters. The van der Waals surface area contributed by atoms with Crippen LogP contribution in [-0.2, 0) is 0 Å². The van der Waals surface area contributed by atoms with Gasteiger partial charge in [0.2, 0.25) is 5.88 Å². The number of pyridine rings is 1. The molecule has 0 aliphatic rings. The van der Waals surface area contributed by atoms with Gasteiger partial charge in [-0.05, 0) is 19.1 Å². The van der Waals surface area contributed by atoms with E-state index in [9.17, 15) is 18.4 Å². The van der Waals surface area contributed by atoms with Gasteiger partial charge in [-0.1, -0.05) is 0 Å². The second-order valence-corrected chi connectivity index (χ2v) is 2.90. The second-order valence-electron chi connectivity index (χ2n) is 2.90. The van der Waals surface area contributed by atoms with Crippen LogP contribution < -0.4 is 9.96 Å². The zero-order valence-corrected chi connectivity index (χ0v) is 8.10. The molecule has 0 fully saturated rings. The Hall–Kier alpha value is -1.54. The third-order valence-corrected chi connectivity index (χ3v) is 1.71. The van der Waals surface area contributed by atoms with E-state index in [0.29, 0.717) is 0 Å². The standard InChI is InChI=1S/C8H8F3N2O3/c1-5(8(9,10)11)16-7-6(13(14)15)3-2-4-12-7/h2-5,14H,1H3/q-1. The van der Waals surface area contributed by atoms with Gasteiger partial charge in [0.25, 0.3) is 0 Å². The summed E-state index contributed by atoms with van der Waals surface area (Å²) in [6.07, 6.45) is -5.55. The summed E-state index contributed by atoms with van der Waals surface area (Å²) in [5, 5.41) is 18.6. The van der Waals surface area contributed by atoms with Crippen LogP contribution in [0.2, 0.25) is 0 Å². The summed E-state index contributed by atoms with van der Waals surface area (Å²) in [6, 6.07) is 2.36. The highest BCUT2D eigenvalue weighted by atomic mass is 19.4. The molecule has 0 spiro atoms. The number of aromatic nitrogens is 1. The van der Waals surface area contributed by atoms with Crippen molar-refractivity contribution in [3.8, 4) is 5.88 Å². The summed E-state index contributed by atoms with van der Waals surface area (Å²) >= 11 is 0. The fraction of sp³-hybridized carbons (Fsp3) is 0.375. The lowest BCUT2D eigenvalue weighted by Crippen LogP contribution is -2.32. The fourth-order valence-electron chi connectivity index (χ4n) is 0.853. The van der Waals surface area contributed by atoms with Crippen LogP contribution >= 0.6 is 0 Å².